The average Bonchev–Trinajstić information content (AvgIpc) is 2.78. The number of anilines is 2. The summed E-state index contributed by atoms with van der Waals surface area (Å²) in [5.74, 6) is -0.574. The Bertz CT molecular complexity index is 1220. The van der Waals surface area contributed by atoms with E-state index >= 15 is 0 Å². The van der Waals surface area contributed by atoms with E-state index < -0.39 is 5.63 Å². The van der Waals surface area contributed by atoms with Crippen molar-refractivity contribution in [2.75, 3.05) is 29.9 Å². The minimum Gasteiger partial charge on any atom is -0.504 e. The number of aromatic hydroxyl groups is 2. The first-order valence-corrected chi connectivity index (χ1v) is 10.1. The van der Waals surface area contributed by atoms with Gasteiger partial charge in [-0.1, -0.05) is 36.4 Å². The number of rotatable bonds is 7. The average molecular weight is 416 g/mol. The predicted octanol–water partition coefficient (Wildman–Crippen LogP) is 4.35. The zero-order valence-corrected chi connectivity index (χ0v) is 17.2. The van der Waals surface area contributed by atoms with Gasteiger partial charge in [-0.2, -0.15) is 0 Å². The molecule has 0 amide bonds. The van der Waals surface area contributed by atoms with Gasteiger partial charge in [-0.05, 0) is 35.9 Å². The summed E-state index contributed by atoms with van der Waals surface area (Å²) in [7, 11) is 2.05. The monoisotopic (exact) mass is 416 g/mol. The van der Waals surface area contributed by atoms with Crippen LogP contribution in [0.3, 0.4) is 0 Å². The molecule has 31 heavy (non-hydrogen) atoms. The third-order valence-corrected chi connectivity index (χ3v) is 5.31. The van der Waals surface area contributed by atoms with Crippen LogP contribution in [0.15, 0.2) is 88.1 Å². The molecule has 0 atom stereocenters. The van der Waals surface area contributed by atoms with E-state index in [1.165, 1.54) is 18.2 Å². The van der Waals surface area contributed by atoms with Gasteiger partial charge >= 0.3 is 5.63 Å². The number of phenolic OH excluding ortho intramolecular Hbond substituents is 2. The van der Waals surface area contributed by atoms with Crippen molar-refractivity contribution in [3.63, 3.8) is 0 Å². The van der Waals surface area contributed by atoms with Crippen molar-refractivity contribution in [1.29, 1.82) is 0 Å². The molecule has 1 aromatic heterocycles. The second-order valence-electron chi connectivity index (χ2n) is 7.44. The summed E-state index contributed by atoms with van der Waals surface area (Å²) in [5, 5.41) is 20.3. The number of likely N-dealkylation sites (N-methyl/N-ethyl adjacent to an activating group) is 1. The van der Waals surface area contributed by atoms with Crippen molar-refractivity contribution in [2.45, 2.75) is 6.54 Å². The van der Waals surface area contributed by atoms with Gasteiger partial charge in [0.25, 0.3) is 0 Å². The SMILES string of the molecule is CN(CCN(Cc1cc(=O)oc2cc(O)c(O)cc12)c1ccccc1)c1ccccc1. The number of hydrogen-bond donors (Lipinski definition) is 2. The van der Waals surface area contributed by atoms with Crippen LogP contribution in [-0.2, 0) is 6.54 Å². The van der Waals surface area contributed by atoms with Crippen LogP contribution in [0.2, 0.25) is 0 Å². The lowest BCUT2D eigenvalue weighted by Crippen LogP contribution is -2.33. The molecular formula is C25H24N2O4. The minimum atomic E-state index is -0.498. The minimum absolute atomic E-state index is 0.243. The maximum absolute atomic E-state index is 12.1. The number of fused-ring (bicyclic) bond motifs is 1. The Kier molecular flexibility index (Phi) is 5.80. The van der Waals surface area contributed by atoms with Crippen molar-refractivity contribution < 1.29 is 14.6 Å². The molecule has 0 saturated carbocycles. The summed E-state index contributed by atoms with van der Waals surface area (Å²) in [6.45, 7) is 1.92. The number of para-hydroxylation sites is 2. The van der Waals surface area contributed by atoms with E-state index in [9.17, 15) is 15.0 Å². The highest BCUT2D eigenvalue weighted by Gasteiger charge is 2.15. The highest BCUT2D eigenvalue weighted by Crippen LogP contribution is 2.32. The van der Waals surface area contributed by atoms with Crippen molar-refractivity contribution in [3.8, 4) is 11.5 Å². The number of nitrogens with zero attached hydrogens (tertiary/aromatic N) is 2. The molecule has 2 N–H and O–H groups in total. The van der Waals surface area contributed by atoms with Gasteiger partial charge in [0.15, 0.2) is 11.5 Å². The summed E-state index contributed by atoms with van der Waals surface area (Å²) in [4.78, 5) is 16.5. The van der Waals surface area contributed by atoms with Crippen molar-refractivity contribution in [3.05, 3.63) is 94.8 Å². The Morgan fingerprint density at radius 3 is 2.10 bits per heavy atom. The lowest BCUT2D eigenvalue weighted by molar-refractivity contribution is 0.403. The molecule has 4 aromatic rings. The van der Waals surface area contributed by atoms with E-state index in [0.29, 0.717) is 24.0 Å². The molecule has 6 nitrogen and oxygen atoms in total. The summed E-state index contributed by atoms with van der Waals surface area (Å²) < 4.78 is 5.23. The van der Waals surface area contributed by atoms with Gasteiger partial charge in [0.1, 0.15) is 5.58 Å². The van der Waals surface area contributed by atoms with E-state index in [1.807, 2.05) is 55.6 Å². The molecule has 0 spiro atoms. The van der Waals surface area contributed by atoms with E-state index in [2.05, 4.69) is 21.9 Å². The van der Waals surface area contributed by atoms with E-state index in [1.54, 1.807) is 0 Å². The quantitative estimate of drug-likeness (QED) is 0.345. The van der Waals surface area contributed by atoms with Crippen LogP contribution in [0, 0.1) is 0 Å². The van der Waals surface area contributed by atoms with Gasteiger partial charge in [-0.3, -0.25) is 0 Å². The molecule has 0 aliphatic rings. The maximum atomic E-state index is 12.1. The lowest BCUT2D eigenvalue weighted by Gasteiger charge is -2.29. The molecule has 0 aliphatic carbocycles. The van der Waals surface area contributed by atoms with Gasteiger partial charge in [0, 0.05) is 55.6 Å². The molecule has 0 fully saturated rings. The molecule has 0 aliphatic heterocycles. The molecule has 4 rings (SSSR count). The summed E-state index contributed by atoms with van der Waals surface area (Å²) in [6, 6.07) is 24.3. The summed E-state index contributed by atoms with van der Waals surface area (Å²) in [5.41, 5.74) is 2.61. The van der Waals surface area contributed by atoms with Crippen molar-refractivity contribution in [2.24, 2.45) is 0 Å². The molecule has 0 saturated heterocycles. The van der Waals surface area contributed by atoms with E-state index in [0.717, 1.165) is 17.9 Å². The smallest absolute Gasteiger partial charge is 0.336 e. The largest absolute Gasteiger partial charge is 0.504 e. The normalized spacial score (nSPS) is 10.9. The second kappa shape index (κ2) is 8.83. The van der Waals surface area contributed by atoms with Crippen LogP contribution in [0.5, 0.6) is 11.5 Å². The molecule has 158 valence electrons. The number of benzene rings is 3. The third kappa shape index (κ3) is 4.64. The Labute approximate surface area is 180 Å². The van der Waals surface area contributed by atoms with Crippen LogP contribution in [-0.4, -0.2) is 30.4 Å². The molecule has 6 heteroatoms. The fourth-order valence-electron chi connectivity index (χ4n) is 3.61. The zero-order valence-electron chi connectivity index (χ0n) is 17.2. The van der Waals surface area contributed by atoms with Crippen molar-refractivity contribution in [1.82, 2.24) is 0 Å². The van der Waals surface area contributed by atoms with Gasteiger partial charge in [-0.25, -0.2) is 4.79 Å². The van der Waals surface area contributed by atoms with Gasteiger partial charge < -0.3 is 24.4 Å². The van der Waals surface area contributed by atoms with Crippen LogP contribution in [0.4, 0.5) is 11.4 Å². The standard InChI is InChI=1S/C25H24N2O4/c1-26(19-8-4-2-5-9-19)12-13-27(20-10-6-3-7-11-20)17-18-14-25(30)31-24-16-23(29)22(28)15-21(18)24/h2-11,14-16,28-29H,12-13,17H2,1H3. The highest BCUT2D eigenvalue weighted by atomic mass is 16.4. The molecular weight excluding hydrogens is 392 g/mol. The number of phenols is 2. The third-order valence-electron chi connectivity index (χ3n) is 5.31. The first-order valence-electron chi connectivity index (χ1n) is 10.1. The van der Waals surface area contributed by atoms with Crippen LogP contribution < -0.4 is 15.4 Å². The second-order valence-corrected chi connectivity index (χ2v) is 7.44. The first kappa shape index (κ1) is 20.3. The maximum Gasteiger partial charge on any atom is 0.336 e. The topological polar surface area (TPSA) is 77.2 Å². The molecule has 0 unspecified atom stereocenters. The van der Waals surface area contributed by atoms with E-state index in [4.69, 9.17) is 4.42 Å². The Morgan fingerprint density at radius 2 is 1.42 bits per heavy atom. The summed E-state index contributed by atoms with van der Waals surface area (Å²) >= 11 is 0. The predicted molar refractivity (Wildman–Crippen MR) is 123 cm³/mol. The fourth-order valence-corrected chi connectivity index (χ4v) is 3.61. The zero-order chi connectivity index (χ0) is 21.8. The molecule has 3 aromatic carbocycles. The van der Waals surface area contributed by atoms with Gasteiger partial charge in [0.05, 0.1) is 0 Å². The Balaban J connectivity index is 1.65. The summed E-state index contributed by atoms with van der Waals surface area (Å²) in [6.07, 6.45) is 0. The molecule has 0 radical (unpaired) electrons. The Hall–Kier alpha value is -3.93. The number of hydrogen-bond acceptors (Lipinski definition) is 6. The van der Waals surface area contributed by atoms with Gasteiger partial charge in [-0.15, -0.1) is 0 Å². The fraction of sp³-hybridized carbons (Fsp3) is 0.160. The Morgan fingerprint density at radius 1 is 0.806 bits per heavy atom. The van der Waals surface area contributed by atoms with Gasteiger partial charge in [0.2, 0.25) is 0 Å². The molecule has 0 bridgehead atoms. The first-order chi connectivity index (χ1) is 15.0. The van der Waals surface area contributed by atoms with E-state index in [-0.39, 0.29) is 17.1 Å². The lowest BCUT2D eigenvalue weighted by atomic mass is 10.1. The van der Waals surface area contributed by atoms with Crippen LogP contribution in [0.25, 0.3) is 11.0 Å². The van der Waals surface area contributed by atoms with Crippen LogP contribution in [0.1, 0.15) is 5.56 Å². The van der Waals surface area contributed by atoms with Crippen LogP contribution >= 0.6 is 0 Å². The van der Waals surface area contributed by atoms with Crippen molar-refractivity contribution >= 4 is 22.3 Å². The molecule has 1 heterocycles. The highest BCUT2D eigenvalue weighted by molar-refractivity contribution is 5.84.